The zero-order valence-electron chi connectivity index (χ0n) is 47.8. The highest BCUT2D eigenvalue weighted by molar-refractivity contribution is 5.99. The third kappa shape index (κ3) is 14.0. The molecule has 0 radical (unpaired) electrons. The molecule has 4 fully saturated rings. The van der Waals surface area contributed by atoms with Gasteiger partial charge in [-0.2, -0.15) is 0 Å². The number of nitrogens with one attached hydrogen (secondary N) is 8. The summed E-state index contributed by atoms with van der Waals surface area (Å²) in [4.78, 5) is 117. The SMILES string of the molecule is CN[C@@H](C)C(=O)N[C@H](C(=O)N1C[C@@H](NC(=O)c2ccc(C(=O)N[C@H]3C[C@@H](C(=O)N[C@@H]4CCCc5ccc(F)cc54)N(C(=O)[C@@H](NC(=O)[C@H](C)NC)C4CCCCC4)C3)cc2)C[C@H]1C(=O)N[C@@H]1CCCc2ccc(F)cc21)C1CCCCC1. The predicted octanol–water partition coefficient (Wildman–Crippen LogP) is 5.10. The third-order valence-corrected chi connectivity index (χ3v) is 18.4. The first-order valence-corrected chi connectivity index (χ1v) is 30.0. The van der Waals surface area contributed by atoms with Crippen molar-refractivity contribution in [1.29, 1.82) is 0 Å². The fourth-order valence-corrected chi connectivity index (χ4v) is 13.4. The second kappa shape index (κ2) is 27.1. The zero-order chi connectivity index (χ0) is 58.2. The summed E-state index contributed by atoms with van der Waals surface area (Å²) in [6.07, 6.45) is 12.8. The predicted molar refractivity (Wildman–Crippen MR) is 304 cm³/mol. The molecule has 8 amide bonds. The molecule has 0 bridgehead atoms. The topological polar surface area (TPSA) is 239 Å². The van der Waals surface area contributed by atoms with E-state index in [0.717, 1.165) is 101 Å². The Morgan fingerprint density at radius 3 is 1.23 bits per heavy atom. The second-order valence-corrected chi connectivity index (χ2v) is 23.8. The molecule has 8 N–H and O–H groups in total. The molecule has 9 rings (SSSR count). The molecule has 442 valence electrons. The van der Waals surface area contributed by atoms with Gasteiger partial charge in [-0.05, 0) is 188 Å². The van der Waals surface area contributed by atoms with Crippen molar-refractivity contribution in [2.75, 3.05) is 27.2 Å². The molecule has 6 aliphatic rings. The Balaban J connectivity index is 0.903. The maximum Gasteiger partial charge on any atom is 0.251 e. The van der Waals surface area contributed by atoms with Crippen molar-refractivity contribution in [2.45, 2.75) is 190 Å². The fourth-order valence-electron chi connectivity index (χ4n) is 13.4. The van der Waals surface area contributed by atoms with E-state index in [1.165, 1.54) is 58.3 Å². The van der Waals surface area contributed by atoms with Crippen molar-refractivity contribution in [3.8, 4) is 0 Å². The summed E-state index contributed by atoms with van der Waals surface area (Å²) in [5.41, 5.74) is 3.69. The van der Waals surface area contributed by atoms with Gasteiger partial charge in [-0.25, -0.2) is 8.78 Å². The number of likely N-dealkylation sites (N-methyl/N-ethyl adjacent to an activating group) is 2. The van der Waals surface area contributed by atoms with Crippen LogP contribution in [0, 0.1) is 23.5 Å². The molecule has 20 heteroatoms. The molecule has 3 aromatic rings. The lowest BCUT2D eigenvalue weighted by molar-refractivity contribution is -0.143. The summed E-state index contributed by atoms with van der Waals surface area (Å²) < 4.78 is 29.2. The van der Waals surface area contributed by atoms with Gasteiger partial charge in [0.25, 0.3) is 11.8 Å². The number of rotatable bonds is 18. The van der Waals surface area contributed by atoms with E-state index >= 15 is 0 Å². The van der Waals surface area contributed by atoms with Gasteiger partial charge in [0.2, 0.25) is 35.4 Å². The second-order valence-electron chi connectivity index (χ2n) is 23.8. The van der Waals surface area contributed by atoms with Crippen LogP contribution in [0.15, 0.2) is 60.7 Å². The highest BCUT2D eigenvalue weighted by Crippen LogP contribution is 2.35. The number of hydrogen-bond acceptors (Lipinski definition) is 10. The van der Waals surface area contributed by atoms with Gasteiger partial charge >= 0.3 is 0 Å². The van der Waals surface area contributed by atoms with Crippen LogP contribution in [0.4, 0.5) is 8.78 Å². The van der Waals surface area contributed by atoms with Gasteiger partial charge in [0.05, 0.1) is 24.2 Å². The summed E-state index contributed by atoms with van der Waals surface area (Å²) in [6, 6.07) is 7.81. The van der Waals surface area contributed by atoms with E-state index in [0.29, 0.717) is 24.0 Å². The Kier molecular flexibility index (Phi) is 19.7. The number of halogens is 2. The first kappa shape index (κ1) is 59.8. The number of nitrogens with zero attached hydrogens (tertiary/aromatic N) is 2. The maximum atomic E-state index is 14.9. The Morgan fingerprint density at radius 1 is 0.488 bits per heavy atom. The lowest BCUT2D eigenvalue weighted by Gasteiger charge is -2.35. The molecule has 2 saturated carbocycles. The fraction of sp³-hybridized carbons (Fsp3) is 0.581. The van der Waals surface area contributed by atoms with Crippen LogP contribution < -0.4 is 42.5 Å². The molecule has 2 heterocycles. The Morgan fingerprint density at radius 2 is 0.866 bits per heavy atom. The molecule has 4 aliphatic carbocycles. The third-order valence-electron chi connectivity index (χ3n) is 18.4. The summed E-state index contributed by atoms with van der Waals surface area (Å²) in [7, 11) is 3.32. The van der Waals surface area contributed by atoms with E-state index in [4.69, 9.17) is 0 Å². The summed E-state index contributed by atoms with van der Waals surface area (Å²) >= 11 is 0. The van der Waals surface area contributed by atoms with Gasteiger partial charge in [-0.3, -0.25) is 38.4 Å². The zero-order valence-corrected chi connectivity index (χ0v) is 47.8. The minimum atomic E-state index is -1.02. The van der Waals surface area contributed by atoms with Crippen molar-refractivity contribution < 1.29 is 47.1 Å². The Labute approximate surface area is 479 Å². The number of amides is 8. The lowest BCUT2D eigenvalue weighted by Crippen LogP contribution is -2.58. The minimum Gasteiger partial charge on any atom is -0.347 e. The number of fused-ring (bicyclic) bond motifs is 2. The molecule has 0 spiro atoms. The molecule has 0 unspecified atom stereocenters. The molecule has 2 aliphatic heterocycles. The highest BCUT2D eigenvalue weighted by Gasteiger charge is 2.47. The molecule has 10 atom stereocenters. The van der Waals surface area contributed by atoms with Gasteiger partial charge in [0.15, 0.2) is 0 Å². The average molecular weight is 1130 g/mol. The van der Waals surface area contributed by atoms with Crippen molar-refractivity contribution >= 4 is 47.3 Å². The van der Waals surface area contributed by atoms with E-state index in [1.807, 2.05) is 0 Å². The molecule has 82 heavy (non-hydrogen) atoms. The Hall–Kier alpha value is -6.80. The van der Waals surface area contributed by atoms with Crippen LogP contribution in [-0.2, 0) is 41.6 Å². The van der Waals surface area contributed by atoms with Crippen LogP contribution in [0.5, 0.6) is 0 Å². The summed E-state index contributed by atoms with van der Waals surface area (Å²) in [5.74, 6) is -4.54. The smallest absolute Gasteiger partial charge is 0.251 e. The average Bonchev–Trinajstić information content (AvgIpc) is 4.31. The van der Waals surface area contributed by atoms with Gasteiger partial charge in [0.1, 0.15) is 35.8 Å². The molecule has 2 saturated heterocycles. The van der Waals surface area contributed by atoms with E-state index in [2.05, 4.69) is 42.5 Å². The number of carbonyl (C=O) groups excluding carboxylic acids is 8. The molecular formula is C62H82F2N10O8. The van der Waals surface area contributed by atoms with Gasteiger partial charge in [0, 0.05) is 36.3 Å². The monoisotopic (exact) mass is 1130 g/mol. The minimum absolute atomic E-state index is 0.0189. The van der Waals surface area contributed by atoms with Crippen LogP contribution in [-0.4, -0.2) is 133 Å². The van der Waals surface area contributed by atoms with Gasteiger partial charge in [-0.1, -0.05) is 50.7 Å². The first-order chi connectivity index (χ1) is 39.5. The van der Waals surface area contributed by atoms with Crippen molar-refractivity contribution in [1.82, 2.24) is 52.3 Å². The largest absolute Gasteiger partial charge is 0.347 e. The number of hydrogen-bond donors (Lipinski definition) is 8. The van der Waals surface area contributed by atoms with Crippen molar-refractivity contribution in [2.24, 2.45) is 11.8 Å². The molecule has 3 aromatic carbocycles. The molecular weight excluding hydrogens is 1050 g/mol. The van der Waals surface area contributed by atoms with Crippen LogP contribution in [0.25, 0.3) is 0 Å². The Bertz CT molecular complexity index is 2650. The van der Waals surface area contributed by atoms with Crippen molar-refractivity contribution in [3.63, 3.8) is 0 Å². The quantitative estimate of drug-likeness (QED) is 0.0839. The van der Waals surface area contributed by atoms with Crippen LogP contribution >= 0.6 is 0 Å². The van der Waals surface area contributed by atoms with E-state index < -0.39 is 107 Å². The standard InChI is InChI=1S/C62H82F2N10O8/c1-35(65-3)55(75)71-53(39-13-7-5-8-14-39)61(81)73-33-45(31-51(73)59(79)69-49-19-11-17-37-25-27-43(63)29-47(37)49)67-57(77)41-21-23-42(24-22-41)58(78)68-46-32-52(60(80)70-50-20-12-18-38-26-28-44(64)30-48(38)50)74(34-46)62(82)54(40-15-9-6-10-16-40)72-56(76)36(2)66-4/h21-30,35-36,39-40,45-46,49-54,65-66H,5-20,31-34H2,1-4H3,(H,67,77)(H,68,78)(H,69,79)(H,70,80)(H,71,75)(H,72,76)/t35-,36-,45-,46-,49+,50+,51-,52-,53-,54-/m0/s1. The summed E-state index contributed by atoms with van der Waals surface area (Å²) in [6.45, 7) is 3.37. The lowest BCUT2D eigenvalue weighted by atomic mass is 9.83. The molecule has 0 aromatic heterocycles. The van der Waals surface area contributed by atoms with Crippen LogP contribution in [0.3, 0.4) is 0 Å². The van der Waals surface area contributed by atoms with E-state index in [9.17, 15) is 47.1 Å². The van der Waals surface area contributed by atoms with Gasteiger partial charge < -0.3 is 52.3 Å². The van der Waals surface area contributed by atoms with Crippen molar-refractivity contribution in [3.05, 3.63) is 106 Å². The number of benzene rings is 3. The maximum absolute atomic E-state index is 14.9. The number of likely N-dealkylation sites (tertiary alicyclic amines) is 2. The summed E-state index contributed by atoms with van der Waals surface area (Å²) in [5, 5.41) is 24.2. The van der Waals surface area contributed by atoms with Gasteiger partial charge in [-0.15, -0.1) is 0 Å². The van der Waals surface area contributed by atoms with E-state index in [-0.39, 0.29) is 60.7 Å². The molecule has 18 nitrogen and oxygen atoms in total. The number of carbonyl (C=O) groups is 8. The first-order valence-electron chi connectivity index (χ1n) is 30.0. The highest BCUT2D eigenvalue weighted by atomic mass is 19.1. The van der Waals surface area contributed by atoms with Crippen LogP contribution in [0.1, 0.15) is 172 Å². The normalized spacial score (nSPS) is 24.4. The number of aryl methyl sites for hydroxylation is 2. The van der Waals surface area contributed by atoms with Crippen LogP contribution in [0.2, 0.25) is 0 Å². The van der Waals surface area contributed by atoms with E-state index in [1.54, 1.807) is 40.1 Å².